The van der Waals surface area contributed by atoms with Crippen LogP contribution in [0.3, 0.4) is 0 Å². The van der Waals surface area contributed by atoms with Gasteiger partial charge in [-0.15, -0.1) is 0 Å². The topological polar surface area (TPSA) is 103 Å². The smallest absolute Gasteiger partial charge is 0.341 e. The van der Waals surface area contributed by atoms with Crippen LogP contribution in [0.15, 0.2) is 65.6 Å². The van der Waals surface area contributed by atoms with E-state index in [4.69, 9.17) is 0 Å². The van der Waals surface area contributed by atoms with E-state index >= 15 is 0 Å². The van der Waals surface area contributed by atoms with Gasteiger partial charge < -0.3 is 19.7 Å². The number of aromatic hydroxyl groups is 1. The minimum atomic E-state index is -1.43. The molecule has 2 aliphatic rings. The maximum absolute atomic E-state index is 13.0. The van der Waals surface area contributed by atoms with Crippen molar-refractivity contribution in [3.05, 3.63) is 87.8 Å². The minimum Gasteiger partial charge on any atom is -0.503 e. The van der Waals surface area contributed by atoms with E-state index in [0.717, 1.165) is 22.9 Å². The van der Waals surface area contributed by atoms with E-state index in [2.05, 4.69) is 41.3 Å². The standard InChI is InChI=1S/C24H21N3O5/c28-21-18(24(31)32)13-26-14-19-25(10-11-27(19)23(30)20(26)22(21)29)12-15-6-8-17(9-7-15)16-4-2-1-3-5-16/h1-9,13,19,29H,10-12,14H2,(H,31,32). The number of fused-ring (bicyclic) bond motifs is 2. The van der Waals surface area contributed by atoms with E-state index in [1.54, 1.807) is 4.90 Å². The number of aromatic nitrogens is 1. The molecule has 0 bridgehead atoms. The van der Waals surface area contributed by atoms with Crippen molar-refractivity contribution in [1.82, 2.24) is 14.4 Å². The molecule has 1 fully saturated rings. The first-order valence-corrected chi connectivity index (χ1v) is 10.3. The highest BCUT2D eigenvalue weighted by Gasteiger charge is 2.42. The average Bonchev–Trinajstić information content (AvgIpc) is 3.20. The van der Waals surface area contributed by atoms with Crippen LogP contribution in [-0.2, 0) is 13.1 Å². The molecule has 3 heterocycles. The summed E-state index contributed by atoms with van der Waals surface area (Å²) < 4.78 is 1.39. The Balaban J connectivity index is 1.40. The first-order chi connectivity index (χ1) is 15.4. The lowest BCUT2D eigenvalue weighted by Crippen LogP contribution is -2.50. The Morgan fingerprint density at radius 3 is 2.34 bits per heavy atom. The molecule has 8 heteroatoms. The van der Waals surface area contributed by atoms with Crippen LogP contribution < -0.4 is 5.43 Å². The average molecular weight is 431 g/mol. The maximum Gasteiger partial charge on any atom is 0.341 e. The summed E-state index contributed by atoms with van der Waals surface area (Å²) in [6, 6.07) is 18.4. The van der Waals surface area contributed by atoms with Gasteiger partial charge in [0.15, 0.2) is 11.4 Å². The van der Waals surface area contributed by atoms with Gasteiger partial charge in [0, 0.05) is 25.8 Å². The van der Waals surface area contributed by atoms with Crippen LogP contribution in [0, 0.1) is 0 Å². The Bertz CT molecular complexity index is 1270. The van der Waals surface area contributed by atoms with E-state index in [9.17, 15) is 24.6 Å². The summed E-state index contributed by atoms with van der Waals surface area (Å²) in [4.78, 5) is 40.3. The highest BCUT2D eigenvalue weighted by atomic mass is 16.4. The maximum atomic E-state index is 13.0. The molecular weight excluding hydrogens is 410 g/mol. The third-order valence-electron chi connectivity index (χ3n) is 6.17. The predicted octanol–water partition coefficient (Wildman–Crippen LogP) is 2.22. The lowest BCUT2D eigenvalue weighted by atomic mass is 10.0. The number of carboxylic acids is 1. The molecule has 8 nitrogen and oxygen atoms in total. The number of amides is 1. The summed E-state index contributed by atoms with van der Waals surface area (Å²) in [6.45, 7) is 2.01. The van der Waals surface area contributed by atoms with Crippen LogP contribution >= 0.6 is 0 Å². The Labute approximate surface area is 183 Å². The Hall–Kier alpha value is -3.91. The largest absolute Gasteiger partial charge is 0.503 e. The van der Waals surface area contributed by atoms with Crippen molar-refractivity contribution in [3.63, 3.8) is 0 Å². The fourth-order valence-electron chi connectivity index (χ4n) is 4.52. The summed E-state index contributed by atoms with van der Waals surface area (Å²) in [7, 11) is 0. The van der Waals surface area contributed by atoms with Gasteiger partial charge in [0.2, 0.25) is 5.43 Å². The Kier molecular flexibility index (Phi) is 4.79. The molecule has 2 aliphatic heterocycles. The fraction of sp³-hybridized carbons (Fsp3) is 0.208. The SMILES string of the molecule is O=C(O)c1cn2c(c(O)c1=O)C(=O)N1CCN(Cc3ccc(-c4ccccc4)cc3)C1C2. The molecule has 0 spiro atoms. The van der Waals surface area contributed by atoms with Gasteiger partial charge in [0.1, 0.15) is 11.7 Å². The van der Waals surface area contributed by atoms with Gasteiger partial charge in [-0.2, -0.15) is 0 Å². The fourth-order valence-corrected chi connectivity index (χ4v) is 4.52. The lowest BCUT2D eigenvalue weighted by molar-refractivity contribution is 0.0490. The van der Waals surface area contributed by atoms with Crippen LogP contribution in [0.1, 0.15) is 26.4 Å². The number of hydrogen-bond donors (Lipinski definition) is 2. The van der Waals surface area contributed by atoms with Crippen LogP contribution in [0.25, 0.3) is 11.1 Å². The van der Waals surface area contributed by atoms with Crippen molar-refractivity contribution in [2.75, 3.05) is 13.1 Å². The second-order valence-electron chi connectivity index (χ2n) is 8.04. The molecule has 162 valence electrons. The number of carboxylic acid groups (broad SMARTS) is 1. The van der Waals surface area contributed by atoms with E-state index in [0.29, 0.717) is 19.6 Å². The summed E-state index contributed by atoms with van der Waals surface area (Å²) in [6.07, 6.45) is 0.868. The van der Waals surface area contributed by atoms with Gasteiger partial charge in [0.05, 0.1) is 6.54 Å². The summed E-state index contributed by atoms with van der Waals surface area (Å²) in [5.41, 5.74) is 1.63. The second-order valence-corrected chi connectivity index (χ2v) is 8.04. The van der Waals surface area contributed by atoms with Crippen LogP contribution in [-0.4, -0.2) is 55.7 Å². The molecule has 5 rings (SSSR count). The third-order valence-corrected chi connectivity index (χ3v) is 6.17. The normalized spacial score (nSPS) is 17.8. The first-order valence-electron chi connectivity index (χ1n) is 10.3. The number of pyridine rings is 1. The van der Waals surface area contributed by atoms with Crippen molar-refractivity contribution in [3.8, 4) is 16.9 Å². The highest BCUT2D eigenvalue weighted by Crippen LogP contribution is 2.29. The van der Waals surface area contributed by atoms with Crippen LogP contribution in [0.5, 0.6) is 5.75 Å². The first kappa shape index (κ1) is 20.0. The van der Waals surface area contributed by atoms with Crippen LogP contribution in [0.2, 0.25) is 0 Å². The van der Waals surface area contributed by atoms with Gasteiger partial charge in [-0.25, -0.2) is 4.79 Å². The Morgan fingerprint density at radius 2 is 1.66 bits per heavy atom. The van der Waals surface area contributed by atoms with Crippen molar-refractivity contribution in [2.45, 2.75) is 19.3 Å². The molecular formula is C24H21N3O5. The van der Waals surface area contributed by atoms with Gasteiger partial charge in [-0.05, 0) is 16.7 Å². The molecule has 2 aromatic carbocycles. The molecule has 1 unspecified atom stereocenters. The number of rotatable bonds is 4. The zero-order valence-electron chi connectivity index (χ0n) is 17.1. The zero-order valence-corrected chi connectivity index (χ0v) is 17.1. The van der Waals surface area contributed by atoms with Gasteiger partial charge in [-0.3, -0.25) is 14.5 Å². The molecule has 0 radical (unpaired) electrons. The quantitative estimate of drug-likeness (QED) is 0.657. The molecule has 1 amide bonds. The molecule has 32 heavy (non-hydrogen) atoms. The molecule has 0 aliphatic carbocycles. The molecule has 1 aromatic heterocycles. The van der Waals surface area contributed by atoms with E-state index in [1.807, 2.05) is 18.2 Å². The number of carbonyl (C=O) groups is 2. The number of benzene rings is 2. The van der Waals surface area contributed by atoms with Crippen molar-refractivity contribution < 1.29 is 19.8 Å². The van der Waals surface area contributed by atoms with E-state index in [1.165, 1.54) is 4.57 Å². The monoisotopic (exact) mass is 431 g/mol. The van der Waals surface area contributed by atoms with E-state index in [-0.39, 0.29) is 18.4 Å². The number of aromatic carboxylic acids is 1. The minimum absolute atomic E-state index is 0.148. The number of hydrogen-bond acceptors (Lipinski definition) is 5. The summed E-state index contributed by atoms with van der Waals surface area (Å²) in [5.74, 6) is -2.70. The number of nitrogens with zero attached hydrogens (tertiary/aromatic N) is 3. The Morgan fingerprint density at radius 1 is 0.969 bits per heavy atom. The van der Waals surface area contributed by atoms with Gasteiger partial charge in [-0.1, -0.05) is 54.6 Å². The van der Waals surface area contributed by atoms with Crippen molar-refractivity contribution in [1.29, 1.82) is 0 Å². The molecule has 3 aromatic rings. The van der Waals surface area contributed by atoms with Gasteiger partial charge in [0.25, 0.3) is 5.91 Å². The number of carbonyl (C=O) groups excluding carboxylic acids is 1. The van der Waals surface area contributed by atoms with Crippen molar-refractivity contribution >= 4 is 11.9 Å². The van der Waals surface area contributed by atoms with Crippen LogP contribution in [0.4, 0.5) is 0 Å². The predicted molar refractivity (Wildman–Crippen MR) is 116 cm³/mol. The summed E-state index contributed by atoms with van der Waals surface area (Å²) >= 11 is 0. The molecule has 2 N–H and O–H groups in total. The second kappa shape index (κ2) is 7.65. The zero-order chi connectivity index (χ0) is 22.4. The van der Waals surface area contributed by atoms with Crippen molar-refractivity contribution in [2.24, 2.45) is 0 Å². The van der Waals surface area contributed by atoms with Gasteiger partial charge >= 0.3 is 5.97 Å². The molecule has 0 saturated carbocycles. The summed E-state index contributed by atoms with van der Waals surface area (Å²) in [5, 5.41) is 19.5. The van der Waals surface area contributed by atoms with E-state index < -0.39 is 28.6 Å². The highest BCUT2D eigenvalue weighted by molar-refractivity contribution is 5.97. The third kappa shape index (κ3) is 3.25. The molecule has 1 atom stereocenters. The lowest BCUT2D eigenvalue weighted by Gasteiger charge is -2.36. The molecule has 1 saturated heterocycles.